The Balaban J connectivity index is 1.26. The highest BCUT2D eigenvalue weighted by Gasteiger charge is 2.48. The number of fused-ring (bicyclic) bond motifs is 11. The summed E-state index contributed by atoms with van der Waals surface area (Å²) in [6.45, 7) is 18.9. The predicted octanol–water partition coefficient (Wildman–Crippen LogP) is 14.4. The Morgan fingerprint density at radius 3 is 1.79 bits per heavy atom. The summed E-state index contributed by atoms with van der Waals surface area (Å²) in [5.74, 6) is 0. The van der Waals surface area contributed by atoms with Crippen LogP contribution in [0.25, 0.3) is 66.3 Å². The van der Waals surface area contributed by atoms with Crippen LogP contribution in [-0.4, -0.2) is 11.3 Å². The first kappa shape index (κ1) is 37.2. The highest BCUT2D eigenvalue weighted by molar-refractivity contribution is 6.90. The molecular weight excluding hydrogens is 747 g/mol. The van der Waals surface area contributed by atoms with Gasteiger partial charge in [-0.05, 0) is 126 Å². The van der Waals surface area contributed by atoms with Crippen LogP contribution in [0.5, 0.6) is 0 Å². The van der Waals surface area contributed by atoms with Crippen LogP contribution in [0.4, 0.5) is 17.1 Å². The topological polar surface area (TPSA) is 8.17 Å². The standard InChI is InChI=1S/C59H51BN2/c1-57(2,3)40-26-30-51-44(32-40)46-33-41(58(4,5)6)34-47-45-35-49-53(43-21-15-16-22-48(43)59(49,7)8)56-54(45)60(62(51)55(46)47)50-31-39(37-19-13-10-14-20-37)25-29-52(50)61(56)42-27-23-38(24-28-42)36-17-11-9-12-18-36/h9-35H,1-8H3. The molecule has 0 saturated carbocycles. The van der Waals surface area contributed by atoms with E-state index in [1.807, 2.05) is 0 Å². The van der Waals surface area contributed by atoms with Gasteiger partial charge in [-0.3, -0.25) is 0 Å². The van der Waals surface area contributed by atoms with Gasteiger partial charge in [0.2, 0.25) is 0 Å². The number of hydrogen-bond donors (Lipinski definition) is 0. The molecule has 300 valence electrons. The number of anilines is 3. The van der Waals surface area contributed by atoms with Gasteiger partial charge in [0.05, 0.1) is 5.69 Å². The van der Waals surface area contributed by atoms with Crippen LogP contribution in [-0.2, 0) is 16.2 Å². The summed E-state index contributed by atoms with van der Waals surface area (Å²) in [4.78, 5) is 2.63. The molecule has 0 unspecified atom stereocenters. The lowest BCUT2D eigenvalue weighted by molar-refractivity contribution is 0.590. The third-order valence-electron chi connectivity index (χ3n) is 14.5. The summed E-state index contributed by atoms with van der Waals surface area (Å²) in [6.07, 6.45) is 0. The van der Waals surface area contributed by atoms with Crippen molar-refractivity contribution in [2.75, 3.05) is 4.90 Å². The molecule has 62 heavy (non-hydrogen) atoms. The van der Waals surface area contributed by atoms with Gasteiger partial charge in [0.1, 0.15) is 0 Å². The van der Waals surface area contributed by atoms with E-state index < -0.39 is 0 Å². The fourth-order valence-corrected chi connectivity index (χ4v) is 11.2. The lowest BCUT2D eigenvalue weighted by Gasteiger charge is -2.42. The normalized spacial score (nSPS) is 14.5. The first-order chi connectivity index (χ1) is 29.8. The van der Waals surface area contributed by atoms with Crippen LogP contribution in [0.3, 0.4) is 0 Å². The predicted molar refractivity (Wildman–Crippen MR) is 266 cm³/mol. The Hall–Kier alpha value is -6.58. The van der Waals surface area contributed by atoms with E-state index in [-0.39, 0.29) is 23.1 Å². The molecule has 0 N–H and O–H groups in total. The molecule has 3 aliphatic rings. The Kier molecular flexibility index (Phi) is 7.65. The molecule has 2 aliphatic heterocycles. The fourth-order valence-electron chi connectivity index (χ4n) is 11.2. The molecule has 0 amide bonds. The van der Waals surface area contributed by atoms with Gasteiger partial charge in [-0.1, -0.05) is 171 Å². The maximum Gasteiger partial charge on any atom is 0.333 e. The summed E-state index contributed by atoms with van der Waals surface area (Å²) < 4.78 is 2.74. The molecule has 0 bridgehead atoms. The maximum absolute atomic E-state index is 2.74. The van der Waals surface area contributed by atoms with Crippen LogP contribution >= 0.6 is 0 Å². The molecule has 0 radical (unpaired) electrons. The monoisotopic (exact) mass is 798 g/mol. The van der Waals surface area contributed by atoms with Crippen molar-refractivity contribution in [1.29, 1.82) is 0 Å². The number of aromatic nitrogens is 1. The Morgan fingerprint density at radius 1 is 0.484 bits per heavy atom. The molecule has 9 aromatic rings. The van der Waals surface area contributed by atoms with Crippen LogP contribution in [0.1, 0.15) is 77.6 Å². The first-order valence-corrected chi connectivity index (χ1v) is 22.4. The van der Waals surface area contributed by atoms with Gasteiger partial charge in [0.15, 0.2) is 0 Å². The van der Waals surface area contributed by atoms with E-state index in [4.69, 9.17) is 0 Å². The number of hydrogen-bond acceptors (Lipinski definition) is 1. The molecule has 0 spiro atoms. The van der Waals surface area contributed by atoms with Crippen molar-refractivity contribution in [2.24, 2.45) is 0 Å². The minimum absolute atomic E-state index is 0.0156. The third kappa shape index (κ3) is 5.18. The van der Waals surface area contributed by atoms with Gasteiger partial charge >= 0.3 is 6.85 Å². The minimum atomic E-state index is -0.195. The van der Waals surface area contributed by atoms with Gasteiger partial charge in [-0.15, -0.1) is 0 Å². The van der Waals surface area contributed by atoms with Gasteiger partial charge in [0, 0.05) is 49.7 Å². The van der Waals surface area contributed by atoms with E-state index in [1.165, 1.54) is 117 Å². The summed E-state index contributed by atoms with van der Waals surface area (Å²) in [5, 5.41) is 2.69. The Morgan fingerprint density at radius 2 is 1.10 bits per heavy atom. The van der Waals surface area contributed by atoms with E-state index in [2.05, 4.69) is 229 Å². The van der Waals surface area contributed by atoms with Crippen LogP contribution < -0.4 is 15.8 Å². The van der Waals surface area contributed by atoms with Crippen molar-refractivity contribution in [3.8, 4) is 44.5 Å². The van der Waals surface area contributed by atoms with Crippen molar-refractivity contribution in [3.63, 3.8) is 0 Å². The summed E-state index contributed by atoms with van der Waals surface area (Å²) in [5.41, 5.74) is 24.6. The van der Waals surface area contributed by atoms with Crippen LogP contribution in [0.2, 0.25) is 0 Å². The van der Waals surface area contributed by atoms with Gasteiger partial charge in [-0.25, -0.2) is 0 Å². The highest BCUT2D eigenvalue weighted by Crippen LogP contribution is 2.57. The molecule has 3 heteroatoms. The Bertz CT molecular complexity index is 3320. The largest absolute Gasteiger partial charge is 0.375 e. The van der Waals surface area contributed by atoms with Gasteiger partial charge in [0.25, 0.3) is 0 Å². The second-order valence-electron chi connectivity index (χ2n) is 20.6. The molecule has 12 rings (SSSR count). The zero-order valence-electron chi connectivity index (χ0n) is 37.1. The molecule has 8 aromatic carbocycles. The number of rotatable bonds is 3. The first-order valence-electron chi connectivity index (χ1n) is 22.4. The smallest absolute Gasteiger partial charge is 0.333 e. The summed E-state index contributed by atoms with van der Waals surface area (Å²) in [6, 6.07) is 62.5. The van der Waals surface area contributed by atoms with Crippen molar-refractivity contribution in [1.82, 2.24) is 4.48 Å². The van der Waals surface area contributed by atoms with Crippen molar-refractivity contribution < 1.29 is 0 Å². The quantitative estimate of drug-likeness (QED) is 0.162. The number of nitrogens with zero attached hydrogens (tertiary/aromatic N) is 2. The highest BCUT2D eigenvalue weighted by atomic mass is 15.2. The third-order valence-corrected chi connectivity index (χ3v) is 14.5. The van der Waals surface area contributed by atoms with Gasteiger partial charge < -0.3 is 9.38 Å². The molecule has 0 fully saturated rings. The molecule has 1 aromatic heterocycles. The molecule has 0 atom stereocenters. The molecule has 0 saturated heterocycles. The van der Waals surface area contributed by atoms with Gasteiger partial charge in [-0.2, -0.15) is 0 Å². The van der Waals surface area contributed by atoms with E-state index in [9.17, 15) is 0 Å². The van der Waals surface area contributed by atoms with E-state index >= 15 is 0 Å². The van der Waals surface area contributed by atoms with E-state index in [0.29, 0.717) is 0 Å². The molecule has 1 aliphatic carbocycles. The van der Waals surface area contributed by atoms with E-state index in [1.54, 1.807) is 0 Å². The van der Waals surface area contributed by atoms with Crippen LogP contribution in [0.15, 0.2) is 164 Å². The van der Waals surface area contributed by atoms with Crippen molar-refractivity contribution in [2.45, 2.75) is 71.6 Å². The summed E-state index contributed by atoms with van der Waals surface area (Å²) in [7, 11) is 0. The maximum atomic E-state index is 2.74. The second-order valence-corrected chi connectivity index (χ2v) is 20.6. The fraction of sp³-hybridized carbons (Fsp3) is 0.186. The summed E-state index contributed by atoms with van der Waals surface area (Å²) >= 11 is 0. The number of benzene rings is 8. The van der Waals surface area contributed by atoms with Crippen LogP contribution in [0, 0.1) is 0 Å². The molecule has 2 nitrogen and oxygen atoms in total. The van der Waals surface area contributed by atoms with Crippen molar-refractivity contribution >= 4 is 56.6 Å². The van der Waals surface area contributed by atoms with E-state index in [0.717, 1.165) is 0 Å². The zero-order chi connectivity index (χ0) is 42.4. The minimum Gasteiger partial charge on any atom is -0.375 e. The average Bonchev–Trinajstić information content (AvgIpc) is 3.72. The van der Waals surface area contributed by atoms with Crippen molar-refractivity contribution in [3.05, 3.63) is 186 Å². The molecule has 3 heterocycles. The molecular formula is C59H51BN2. The lowest BCUT2D eigenvalue weighted by Crippen LogP contribution is -2.57. The average molecular weight is 799 g/mol. The SMILES string of the molecule is CC(C)(C)c1ccc2c(c1)c1cc(C(C)(C)C)cc3c1n2B1c2cc(-c4ccccc4)ccc2N(c2ccc(-c4ccccc4)cc2)c2c1c-3cc1c2-c2ccccc2C1(C)C. The second kappa shape index (κ2) is 12.7. The lowest BCUT2D eigenvalue weighted by atomic mass is 9.44. The zero-order valence-corrected chi connectivity index (χ0v) is 37.1. The Labute approximate surface area is 366 Å².